The Bertz CT molecular complexity index is 837. The summed E-state index contributed by atoms with van der Waals surface area (Å²) in [6.45, 7) is -1.04. The zero-order valence-corrected chi connectivity index (χ0v) is 15.7. The molecule has 0 atom stereocenters. The van der Waals surface area contributed by atoms with E-state index in [-0.39, 0.29) is 18.2 Å². The number of benzene rings is 1. The molecule has 0 spiro atoms. The molecule has 1 fully saturated rings. The van der Waals surface area contributed by atoms with Crippen molar-refractivity contribution < 1.29 is 18.3 Å². The number of carbonyl (C=O) groups excluding carboxylic acids is 1. The second-order valence-corrected chi connectivity index (χ2v) is 6.26. The summed E-state index contributed by atoms with van der Waals surface area (Å²) in [6.07, 6.45) is 3.48. The summed E-state index contributed by atoms with van der Waals surface area (Å²) in [4.78, 5) is 20.3. The van der Waals surface area contributed by atoms with Crippen molar-refractivity contribution in [2.24, 2.45) is 12.0 Å². The number of aliphatic imine (C=N–C) groups is 1. The molecule has 0 aliphatic carbocycles. The van der Waals surface area contributed by atoms with Crippen LogP contribution in [0.5, 0.6) is 5.75 Å². The molecule has 1 aromatic carbocycles. The molecule has 1 N–H and O–H groups in total. The second kappa shape index (κ2) is 8.68. The highest BCUT2D eigenvalue weighted by molar-refractivity contribution is 5.98. The molecule has 8 nitrogen and oxygen atoms in total. The lowest BCUT2D eigenvalue weighted by Gasteiger charge is -2.35. The zero-order valence-electron chi connectivity index (χ0n) is 15.7. The van der Waals surface area contributed by atoms with E-state index >= 15 is 0 Å². The molecule has 2 heterocycles. The van der Waals surface area contributed by atoms with E-state index < -0.39 is 6.61 Å². The number of carbonyl (C=O) groups is 1. The quantitative estimate of drug-likeness (QED) is 0.616. The third-order valence-electron chi connectivity index (χ3n) is 4.33. The maximum atomic E-state index is 12.5. The maximum Gasteiger partial charge on any atom is 0.387 e. The molecule has 1 aromatic heterocycles. The summed E-state index contributed by atoms with van der Waals surface area (Å²) >= 11 is 0. The summed E-state index contributed by atoms with van der Waals surface area (Å²) in [5, 5.41) is 7.30. The molecule has 0 radical (unpaired) electrons. The van der Waals surface area contributed by atoms with E-state index in [1.807, 2.05) is 18.1 Å². The molecule has 1 aliphatic rings. The van der Waals surface area contributed by atoms with Crippen molar-refractivity contribution in [2.45, 2.75) is 13.2 Å². The van der Waals surface area contributed by atoms with Crippen molar-refractivity contribution in [1.29, 1.82) is 0 Å². The number of anilines is 1. The Morgan fingerprint density at radius 3 is 2.64 bits per heavy atom. The third kappa shape index (κ3) is 4.76. The van der Waals surface area contributed by atoms with Crippen LogP contribution in [0, 0.1) is 0 Å². The fourth-order valence-electron chi connectivity index (χ4n) is 2.98. The van der Waals surface area contributed by atoms with E-state index in [0.717, 1.165) is 11.3 Å². The van der Waals surface area contributed by atoms with Gasteiger partial charge in [0.25, 0.3) is 0 Å². The molecule has 0 saturated carbocycles. The lowest BCUT2D eigenvalue weighted by Crippen LogP contribution is -2.55. The van der Waals surface area contributed by atoms with Crippen LogP contribution in [-0.4, -0.2) is 59.8 Å². The predicted octanol–water partition coefficient (Wildman–Crippen LogP) is 1.45. The van der Waals surface area contributed by atoms with Gasteiger partial charge in [0, 0.05) is 39.9 Å². The van der Waals surface area contributed by atoms with E-state index in [0.29, 0.717) is 25.6 Å². The molecule has 3 rings (SSSR count). The minimum absolute atomic E-state index is 0.0318. The second-order valence-electron chi connectivity index (χ2n) is 6.26. The Labute approximate surface area is 161 Å². The highest BCUT2D eigenvalue weighted by Crippen LogP contribution is 2.17. The molecule has 0 unspecified atom stereocenters. The van der Waals surface area contributed by atoms with Crippen LogP contribution in [0.15, 0.2) is 41.7 Å². The van der Waals surface area contributed by atoms with Crippen molar-refractivity contribution in [3.8, 4) is 5.75 Å². The molecule has 2 aromatic rings. The van der Waals surface area contributed by atoms with Gasteiger partial charge < -0.3 is 19.9 Å². The molecule has 1 saturated heterocycles. The van der Waals surface area contributed by atoms with Crippen molar-refractivity contribution in [1.82, 2.24) is 20.0 Å². The van der Waals surface area contributed by atoms with E-state index in [1.165, 1.54) is 12.1 Å². The van der Waals surface area contributed by atoms with E-state index in [4.69, 9.17) is 0 Å². The number of nitrogens with zero attached hydrogens (tertiary/aromatic N) is 5. The topological polar surface area (TPSA) is 75.0 Å². The number of piperazine rings is 1. The maximum absolute atomic E-state index is 12.5. The SMILES string of the molecule is CN=C(NCc1ccc(OC(F)F)cc1)N1CCN(c2cnn(C)c2)C(=O)C1. The fraction of sp³-hybridized carbons (Fsp3) is 0.389. The average molecular weight is 392 g/mol. The summed E-state index contributed by atoms with van der Waals surface area (Å²) < 4.78 is 30.4. The number of halogens is 2. The number of guanidine groups is 1. The van der Waals surface area contributed by atoms with E-state index in [9.17, 15) is 13.6 Å². The highest BCUT2D eigenvalue weighted by atomic mass is 19.3. The number of alkyl halides is 2. The van der Waals surface area contributed by atoms with Gasteiger partial charge in [0.05, 0.1) is 11.9 Å². The van der Waals surface area contributed by atoms with Crippen LogP contribution in [0.25, 0.3) is 0 Å². The Balaban J connectivity index is 1.55. The lowest BCUT2D eigenvalue weighted by molar-refractivity contribution is -0.120. The monoisotopic (exact) mass is 392 g/mol. The van der Waals surface area contributed by atoms with Gasteiger partial charge in [-0.2, -0.15) is 13.9 Å². The van der Waals surface area contributed by atoms with Gasteiger partial charge in [0.1, 0.15) is 12.3 Å². The first kappa shape index (κ1) is 19.6. The van der Waals surface area contributed by atoms with Crippen LogP contribution in [0.2, 0.25) is 0 Å². The van der Waals surface area contributed by atoms with Gasteiger partial charge in [-0.15, -0.1) is 0 Å². The van der Waals surface area contributed by atoms with Gasteiger partial charge in [-0.05, 0) is 17.7 Å². The zero-order chi connectivity index (χ0) is 20.1. The van der Waals surface area contributed by atoms with Crippen LogP contribution in [0.4, 0.5) is 14.5 Å². The first-order chi connectivity index (χ1) is 13.5. The first-order valence-corrected chi connectivity index (χ1v) is 8.74. The first-order valence-electron chi connectivity index (χ1n) is 8.74. The number of nitrogens with one attached hydrogen (secondary N) is 1. The summed E-state index contributed by atoms with van der Waals surface area (Å²) in [5.74, 6) is 0.683. The van der Waals surface area contributed by atoms with Gasteiger partial charge in [-0.25, -0.2) is 0 Å². The number of aromatic nitrogens is 2. The molecule has 0 bridgehead atoms. The standard InChI is InChI=1S/C18H22F2N6O2/c1-21-18(22-9-13-3-5-15(6-4-13)28-17(19)20)25-7-8-26(16(27)12-25)14-10-23-24(2)11-14/h3-6,10-11,17H,7-9,12H2,1-2H3,(H,21,22). The number of aryl methyl sites for hydroxylation is 1. The normalized spacial score (nSPS) is 15.3. The smallest absolute Gasteiger partial charge is 0.387 e. The molecule has 1 amide bonds. The van der Waals surface area contributed by atoms with Crippen LogP contribution in [-0.2, 0) is 18.4 Å². The van der Waals surface area contributed by atoms with Crippen molar-refractivity contribution in [3.05, 3.63) is 42.2 Å². The Morgan fingerprint density at radius 2 is 2.07 bits per heavy atom. The van der Waals surface area contributed by atoms with Gasteiger partial charge >= 0.3 is 6.61 Å². The number of rotatable bonds is 5. The van der Waals surface area contributed by atoms with Crippen LogP contribution >= 0.6 is 0 Å². The minimum Gasteiger partial charge on any atom is -0.435 e. The van der Waals surface area contributed by atoms with Crippen molar-refractivity contribution in [2.75, 3.05) is 31.6 Å². The number of ether oxygens (including phenoxy) is 1. The van der Waals surface area contributed by atoms with Crippen LogP contribution in [0.3, 0.4) is 0 Å². The Morgan fingerprint density at radius 1 is 1.32 bits per heavy atom. The van der Waals surface area contributed by atoms with Gasteiger partial charge in [0.2, 0.25) is 5.91 Å². The fourth-order valence-corrected chi connectivity index (χ4v) is 2.98. The van der Waals surface area contributed by atoms with Crippen LogP contribution in [0.1, 0.15) is 5.56 Å². The third-order valence-corrected chi connectivity index (χ3v) is 4.33. The predicted molar refractivity (Wildman–Crippen MR) is 100 cm³/mol. The highest BCUT2D eigenvalue weighted by Gasteiger charge is 2.27. The summed E-state index contributed by atoms with van der Waals surface area (Å²) in [6, 6.07) is 6.37. The molecule has 10 heteroatoms. The largest absolute Gasteiger partial charge is 0.435 e. The molecular weight excluding hydrogens is 370 g/mol. The number of hydrogen-bond donors (Lipinski definition) is 1. The molecule has 28 heavy (non-hydrogen) atoms. The molecule has 150 valence electrons. The van der Waals surface area contributed by atoms with E-state index in [2.05, 4.69) is 20.1 Å². The average Bonchev–Trinajstić information content (AvgIpc) is 3.09. The van der Waals surface area contributed by atoms with E-state index in [1.54, 1.807) is 35.0 Å². The summed E-state index contributed by atoms with van der Waals surface area (Å²) in [5.41, 5.74) is 1.66. The summed E-state index contributed by atoms with van der Waals surface area (Å²) in [7, 11) is 3.46. The molecular formula is C18H22F2N6O2. The minimum atomic E-state index is -2.84. The van der Waals surface area contributed by atoms with Gasteiger partial charge in [-0.1, -0.05) is 12.1 Å². The van der Waals surface area contributed by atoms with Gasteiger partial charge in [-0.3, -0.25) is 14.5 Å². The lowest BCUT2D eigenvalue weighted by atomic mass is 10.2. The van der Waals surface area contributed by atoms with Crippen LogP contribution < -0.4 is 15.0 Å². The van der Waals surface area contributed by atoms with Crippen molar-refractivity contribution >= 4 is 17.6 Å². The molecule has 1 aliphatic heterocycles. The van der Waals surface area contributed by atoms with Gasteiger partial charge in [0.15, 0.2) is 5.96 Å². The number of hydrogen-bond acceptors (Lipinski definition) is 4. The number of amides is 1. The Kier molecular flexibility index (Phi) is 6.07. The Hall–Kier alpha value is -3.17. The van der Waals surface area contributed by atoms with Crippen molar-refractivity contribution in [3.63, 3.8) is 0 Å².